The molecule has 1 amide bonds. The van der Waals surface area contributed by atoms with E-state index in [-0.39, 0.29) is 35.0 Å². The molecule has 0 aliphatic heterocycles. The number of nitrogens with one attached hydrogen (secondary N) is 2. The summed E-state index contributed by atoms with van der Waals surface area (Å²) in [5.41, 5.74) is 0.0653. The van der Waals surface area contributed by atoms with E-state index >= 15 is 0 Å². The molecular formula is C16H18N2O6S. The molecule has 4 N–H and O–H groups in total. The summed E-state index contributed by atoms with van der Waals surface area (Å²) in [6.07, 6.45) is 0. The quantitative estimate of drug-likeness (QED) is 0.538. The zero-order chi connectivity index (χ0) is 18.4. The lowest BCUT2D eigenvalue weighted by Gasteiger charge is -2.09. The fourth-order valence-electron chi connectivity index (χ4n) is 2.03. The van der Waals surface area contributed by atoms with E-state index in [0.29, 0.717) is 5.75 Å². The number of hydrogen-bond donors (Lipinski definition) is 4. The van der Waals surface area contributed by atoms with Gasteiger partial charge >= 0.3 is 0 Å². The van der Waals surface area contributed by atoms with Gasteiger partial charge < -0.3 is 20.3 Å². The summed E-state index contributed by atoms with van der Waals surface area (Å²) >= 11 is 0. The Bertz CT molecular complexity index is 829. The Labute approximate surface area is 145 Å². The second-order valence-electron chi connectivity index (χ2n) is 5.07. The van der Waals surface area contributed by atoms with Crippen molar-refractivity contribution in [3.8, 4) is 17.2 Å². The van der Waals surface area contributed by atoms with Crippen LogP contribution in [0.5, 0.6) is 17.2 Å². The van der Waals surface area contributed by atoms with Crippen LogP contribution in [-0.2, 0) is 10.0 Å². The molecule has 0 aromatic heterocycles. The van der Waals surface area contributed by atoms with Gasteiger partial charge in [-0.05, 0) is 36.4 Å². The van der Waals surface area contributed by atoms with Crippen LogP contribution < -0.4 is 14.8 Å². The number of phenolic OH excluding ortho intramolecular Hbond substituents is 2. The van der Waals surface area contributed by atoms with Gasteiger partial charge in [0.25, 0.3) is 5.91 Å². The third kappa shape index (κ3) is 5.10. The van der Waals surface area contributed by atoms with Gasteiger partial charge in [0.05, 0.1) is 12.0 Å². The first-order valence-corrected chi connectivity index (χ1v) is 8.75. The summed E-state index contributed by atoms with van der Waals surface area (Å²) < 4.78 is 31.5. The van der Waals surface area contributed by atoms with E-state index in [9.17, 15) is 23.4 Å². The van der Waals surface area contributed by atoms with Crippen molar-refractivity contribution in [3.05, 3.63) is 48.0 Å². The van der Waals surface area contributed by atoms with E-state index in [0.717, 1.165) is 6.07 Å². The number of carbonyl (C=O) groups excluding carboxylic acids is 1. The highest BCUT2D eigenvalue weighted by molar-refractivity contribution is 7.89. The lowest BCUT2D eigenvalue weighted by molar-refractivity contribution is 0.0953. The van der Waals surface area contributed by atoms with Crippen LogP contribution in [0, 0.1) is 0 Å². The monoisotopic (exact) mass is 366 g/mol. The number of ether oxygens (including phenoxy) is 1. The maximum Gasteiger partial charge on any atom is 0.251 e. The van der Waals surface area contributed by atoms with Gasteiger partial charge in [-0.3, -0.25) is 4.79 Å². The smallest absolute Gasteiger partial charge is 0.251 e. The first-order valence-electron chi connectivity index (χ1n) is 7.27. The van der Waals surface area contributed by atoms with E-state index in [4.69, 9.17) is 4.74 Å². The van der Waals surface area contributed by atoms with Crippen LogP contribution in [0.4, 0.5) is 0 Å². The Morgan fingerprint density at radius 1 is 1.04 bits per heavy atom. The topological polar surface area (TPSA) is 125 Å². The summed E-state index contributed by atoms with van der Waals surface area (Å²) in [4.78, 5) is 12.0. The Balaban J connectivity index is 1.88. The molecule has 0 heterocycles. The maximum atomic E-state index is 12.1. The zero-order valence-corrected chi connectivity index (χ0v) is 14.2. The highest BCUT2D eigenvalue weighted by Crippen LogP contribution is 2.20. The molecule has 9 heteroatoms. The fraction of sp³-hybridized carbons (Fsp3) is 0.188. The first-order chi connectivity index (χ1) is 11.8. The molecule has 0 radical (unpaired) electrons. The van der Waals surface area contributed by atoms with Gasteiger partial charge in [0.1, 0.15) is 17.2 Å². The number of sulfonamides is 1. The number of aromatic hydroxyl groups is 2. The largest absolute Gasteiger partial charge is 0.508 e. The molecular weight excluding hydrogens is 348 g/mol. The van der Waals surface area contributed by atoms with Crippen molar-refractivity contribution in [2.45, 2.75) is 4.90 Å². The maximum absolute atomic E-state index is 12.1. The number of hydrogen-bond acceptors (Lipinski definition) is 6. The van der Waals surface area contributed by atoms with Gasteiger partial charge in [-0.15, -0.1) is 0 Å². The molecule has 0 saturated carbocycles. The van der Waals surface area contributed by atoms with E-state index < -0.39 is 15.9 Å². The van der Waals surface area contributed by atoms with Crippen molar-refractivity contribution in [1.82, 2.24) is 10.0 Å². The predicted molar refractivity (Wildman–Crippen MR) is 90.3 cm³/mol. The third-order valence-electron chi connectivity index (χ3n) is 3.24. The Hall–Kier alpha value is -2.78. The summed E-state index contributed by atoms with van der Waals surface area (Å²) in [6, 6.07) is 9.37. The first kappa shape index (κ1) is 18.6. The Morgan fingerprint density at radius 2 is 1.64 bits per heavy atom. The molecule has 2 aromatic rings. The normalized spacial score (nSPS) is 11.1. The van der Waals surface area contributed by atoms with Gasteiger partial charge in [0, 0.05) is 24.7 Å². The number of methoxy groups -OCH3 is 1. The molecule has 0 aliphatic carbocycles. The SMILES string of the molecule is COc1ccc(S(=O)(=O)NCCNC(=O)c2cc(O)cc(O)c2)cc1. The van der Waals surface area contributed by atoms with Crippen LogP contribution in [-0.4, -0.2) is 44.7 Å². The third-order valence-corrected chi connectivity index (χ3v) is 4.71. The van der Waals surface area contributed by atoms with Crippen molar-refractivity contribution in [1.29, 1.82) is 0 Å². The Kier molecular flexibility index (Phi) is 5.84. The summed E-state index contributed by atoms with van der Waals surface area (Å²) in [5.74, 6) is -0.494. The molecule has 0 aliphatic rings. The molecule has 0 bridgehead atoms. The molecule has 0 fully saturated rings. The Morgan fingerprint density at radius 3 is 2.20 bits per heavy atom. The number of benzene rings is 2. The highest BCUT2D eigenvalue weighted by atomic mass is 32.2. The summed E-state index contributed by atoms with van der Waals surface area (Å²) in [7, 11) is -2.22. The molecule has 0 saturated heterocycles. The second-order valence-corrected chi connectivity index (χ2v) is 6.83. The van der Waals surface area contributed by atoms with Crippen molar-refractivity contribution in [2.24, 2.45) is 0 Å². The fourth-order valence-corrected chi connectivity index (χ4v) is 3.06. The lowest BCUT2D eigenvalue weighted by Crippen LogP contribution is -2.34. The van der Waals surface area contributed by atoms with Crippen molar-refractivity contribution in [3.63, 3.8) is 0 Å². The van der Waals surface area contributed by atoms with Crippen molar-refractivity contribution >= 4 is 15.9 Å². The van der Waals surface area contributed by atoms with Crippen LogP contribution in [0.25, 0.3) is 0 Å². The van der Waals surface area contributed by atoms with Crippen LogP contribution >= 0.6 is 0 Å². The van der Waals surface area contributed by atoms with Crippen LogP contribution in [0.15, 0.2) is 47.4 Å². The minimum absolute atomic E-state index is 0.0229. The average Bonchev–Trinajstić information content (AvgIpc) is 2.57. The molecule has 2 rings (SSSR count). The molecule has 134 valence electrons. The standard InChI is InChI=1S/C16H18N2O6S/c1-24-14-2-4-15(5-3-14)25(22,23)18-7-6-17-16(21)11-8-12(19)10-13(20)9-11/h2-5,8-10,18-20H,6-7H2,1H3,(H,17,21). The molecule has 25 heavy (non-hydrogen) atoms. The van der Waals surface area contributed by atoms with E-state index in [2.05, 4.69) is 10.0 Å². The summed E-state index contributed by atoms with van der Waals surface area (Å²) in [5, 5.41) is 21.2. The number of phenols is 2. The van der Waals surface area contributed by atoms with Gasteiger partial charge in [-0.2, -0.15) is 0 Å². The molecule has 2 aromatic carbocycles. The predicted octanol–water partition coefficient (Wildman–Crippen LogP) is 0.815. The minimum atomic E-state index is -3.70. The van der Waals surface area contributed by atoms with Crippen molar-refractivity contribution in [2.75, 3.05) is 20.2 Å². The average molecular weight is 366 g/mol. The molecule has 0 spiro atoms. The minimum Gasteiger partial charge on any atom is -0.508 e. The van der Waals surface area contributed by atoms with Gasteiger partial charge in [0.15, 0.2) is 0 Å². The van der Waals surface area contributed by atoms with Crippen LogP contribution in [0.2, 0.25) is 0 Å². The van der Waals surface area contributed by atoms with E-state index in [1.165, 1.54) is 43.5 Å². The number of amides is 1. The van der Waals surface area contributed by atoms with Crippen molar-refractivity contribution < 1.29 is 28.2 Å². The lowest BCUT2D eigenvalue weighted by atomic mass is 10.2. The number of carbonyl (C=O) groups is 1. The van der Waals surface area contributed by atoms with Gasteiger partial charge in [-0.25, -0.2) is 13.1 Å². The summed E-state index contributed by atoms with van der Waals surface area (Å²) in [6.45, 7) is 0.00946. The van der Waals surface area contributed by atoms with Gasteiger partial charge in [0.2, 0.25) is 10.0 Å². The molecule has 0 unspecified atom stereocenters. The van der Waals surface area contributed by atoms with E-state index in [1.54, 1.807) is 0 Å². The van der Waals surface area contributed by atoms with E-state index in [1.807, 2.05) is 0 Å². The van der Waals surface area contributed by atoms with Crippen LogP contribution in [0.1, 0.15) is 10.4 Å². The zero-order valence-electron chi connectivity index (χ0n) is 13.4. The second kappa shape index (κ2) is 7.86. The van der Waals surface area contributed by atoms with Gasteiger partial charge in [-0.1, -0.05) is 0 Å². The molecule has 0 atom stereocenters. The number of rotatable bonds is 7. The molecule has 8 nitrogen and oxygen atoms in total. The van der Waals surface area contributed by atoms with Crippen LogP contribution in [0.3, 0.4) is 0 Å². The highest BCUT2D eigenvalue weighted by Gasteiger charge is 2.14.